The highest BCUT2D eigenvalue weighted by Crippen LogP contribution is 2.23. The molecule has 0 atom stereocenters. The van der Waals surface area contributed by atoms with E-state index >= 15 is 0 Å². The quantitative estimate of drug-likeness (QED) is 0.646. The lowest BCUT2D eigenvalue weighted by Crippen LogP contribution is -2.09. The second-order valence-corrected chi connectivity index (χ2v) is 4.90. The number of aromatic nitrogens is 3. The molecule has 0 aliphatic carbocycles. The molecule has 0 radical (unpaired) electrons. The number of halogens is 2. The van der Waals surface area contributed by atoms with E-state index in [1.165, 1.54) is 6.08 Å². The first kappa shape index (κ1) is 16.0. The molecule has 0 fully saturated rings. The zero-order chi connectivity index (χ0) is 16.1. The van der Waals surface area contributed by atoms with Gasteiger partial charge in [0, 0.05) is 6.08 Å². The van der Waals surface area contributed by atoms with E-state index in [4.69, 9.17) is 39.4 Å². The van der Waals surface area contributed by atoms with Gasteiger partial charge >= 0.3 is 5.97 Å². The zero-order valence-electron chi connectivity index (χ0n) is 11.2. The van der Waals surface area contributed by atoms with E-state index in [1.807, 2.05) is 0 Å². The van der Waals surface area contributed by atoms with E-state index in [0.717, 1.165) is 0 Å². The molecule has 0 aliphatic rings. The normalized spacial score (nSPS) is 10.8. The Morgan fingerprint density at radius 3 is 2.45 bits per heavy atom. The Morgan fingerprint density at radius 1 is 1.14 bits per heavy atom. The van der Waals surface area contributed by atoms with Crippen LogP contribution in [0.15, 0.2) is 24.3 Å². The molecule has 114 valence electrons. The summed E-state index contributed by atoms with van der Waals surface area (Å²) in [7, 11) is 0. The number of carbonyl (C=O) groups excluding carboxylic acids is 1. The molecular weight excluding hydrogens is 329 g/mol. The van der Waals surface area contributed by atoms with Gasteiger partial charge in [-0.05, 0) is 23.8 Å². The van der Waals surface area contributed by atoms with E-state index in [0.29, 0.717) is 15.6 Å². The van der Waals surface area contributed by atoms with Gasteiger partial charge < -0.3 is 16.2 Å². The molecule has 9 heteroatoms. The molecule has 0 amide bonds. The van der Waals surface area contributed by atoms with Gasteiger partial charge in [-0.2, -0.15) is 15.0 Å². The highest BCUT2D eigenvalue weighted by atomic mass is 35.5. The monoisotopic (exact) mass is 339 g/mol. The Labute approximate surface area is 135 Å². The summed E-state index contributed by atoms with van der Waals surface area (Å²) in [6.45, 7) is -0.165. The summed E-state index contributed by atoms with van der Waals surface area (Å²) in [5, 5.41) is 0.833. The van der Waals surface area contributed by atoms with Crippen molar-refractivity contribution in [2.45, 2.75) is 6.61 Å². The van der Waals surface area contributed by atoms with Gasteiger partial charge in [0.05, 0.1) is 10.0 Å². The van der Waals surface area contributed by atoms with Crippen LogP contribution in [-0.2, 0) is 16.1 Å². The number of hydrogen-bond acceptors (Lipinski definition) is 7. The molecule has 0 unspecified atom stereocenters. The van der Waals surface area contributed by atoms with E-state index < -0.39 is 5.97 Å². The van der Waals surface area contributed by atoms with Crippen LogP contribution in [-0.4, -0.2) is 20.9 Å². The second-order valence-electron chi connectivity index (χ2n) is 4.08. The Hall–Kier alpha value is -2.38. The van der Waals surface area contributed by atoms with Crippen LogP contribution in [0.3, 0.4) is 0 Å². The molecule has 2 rings (SSSR count). The molecule has 4 N–H and O–H groups in total. The lowest BCUT2D eigenvalue weighted by Gasteiger charge is -2.02. The Kier molecular flexibility index (Phi) is 5.13. The summed E-state index contributed by atoms with van der Waals surface area (Å²) in [4.78, 5) is 22.8. The molecule has 0 bridgehead atoms. The third-order valence-electron chi connectivity index (χ3n) is 2.42. The number of nitrogen functional groups attached to an aromatic ring is 2. The summed E-state index contributed by atoms with van der Waals surface area (Å²) in [5.74, 6) is -0.486. The van der Waals surface area contributed by atoms with Crippen LogP contribution in [0.2, 0.25) is 10.0 Å². The maximum Gasteiger partial charge on any atom is 0.331 e. The predicted octanol–water partition coefficient (Wildman–Crippen LogP) is 2.10. The van der Waals surface area contributed by atoms with Crippen molar-refractivity contribution < 1.29 is 9.53 Å². The minimum absolute atomic E-state index is 0.0371. The first-order chi connectivity index (χ1) is 10.4. The Bertz CT molecular complexity index is 716. The van der Waals surface area contributed by atoms with Crippen molar-refractivity contribution in [1.82, 2.24) is 15.0 Å². The number of hydrogen-bond donors (Lipinski definition) is 2. The number of nitrogens with two attached hydrogens (primary N) is 2. The van der Waals surface area contributed by atoms with Gasteiger partial charge in [-0.25, -0.2) is 4.79 Å². The minimum atomic E-state index is -0.580. The molecule has 22 heavy (non-hydrogen) atoms. The molecule has 1 aromatic carbocycles. The lowest BCUT2D eigenvalue weighted by atomic mass is 10.2. The average Bonchev–Trinajstić information content (AvgIpc) is 2.45. The van der Waals surface area contributed by atoms with Gasteiger partial charge in [-0.15, -0.1) is 0 Å². The molecule has 0 aliphatic heterocycles. The fourth-order valence-electron chi connectivity index (χ4n) is 1.49. The highest BCUT2D eigenvalue weighted by Gasteiger charge is 2.05. The summed E-state index contributed by atoms with van der Waals surface area (Å²) < 4.78 is 4.97. The SMILES string of the molecule is Nc1nc(N)nc(COC(=O)/C=C/c2ccc(Cl)c(Cl)c2)n1. The maximum absolute atomic E-state index is 11.6. The molecular formula is C13H11Cl2N5O2. The number of benzene rings is 1. The van der Waals surface area contributed by atoms with E-state index in [2.05, 4.69) is 15.0 Å². The second kappa shape index (κ2) is 7.06. The minimum Gasteiger partial charge on any atom is -0.454 e. The smallest absolute Gasteiger partial charge is 0.331 e. The molecule has 2 aromatic rings. The molecule has 1 aromatic heterocycles. The number of carbonyl (C=O) groups is 1. The number of esters is 1. The Balaban J connectivity index is 1.94. The van der Waals surface area contributed by atoms with Crippen LogP contribution in [0.25, 0.3) is 6.08 Å². The van der Waals surface area contributed by atoms with Crippen LogP contribution in [0.1, 0.15) is 11.4 Å². The average molecular weight is 340 g/mol. The fraction of sp³-hybridized carbons (Fsp3) is 0.0769. The zero-order valence-corrected chi connectivity index (χ0v) is 12.7. The summed E-state index contributed by atoms with van der Waals surface area (Å²) in [6, 6.07) is 4.97. The first-order valence-electron chi connectivity index (χ1n) is 6.00. The standard InChI is InChI=1S/C13H11Cl2N5O2/c14-8-3-1-7(5-9(8)15)2-4-11(21)22-6-10-18-12(16)20-13(17)19-10/h1-5H,6H2,(H4,16,17,18,19,20)/b4-2+. The van der Waals surface area contributed by atoms with Crippen molar-refractivity contribution in [3.05, 3.63) is 45.7 Å². The number of anilines is 2. The Morgan fingerprint density at radius 2 is 1.82 bits per heavy atom. The van der Waals surface area contributed by atoms with Crippen LogP contribution in [0, 0.1) is 0 Å². The number of nitrogens with zero attached hydrogens (tertiary/aromatic N) is 3. The van der Waals surface area contributed by atoms with Crippen molar-refractivity contribution in [3.8, 4) is 0 Å². The van der Waals surface area contributed by atoms with Crippen molar-refractivity contribution in [2.75, 3.05) is 11.5 Å². The van der Waals surface area contributed by atoms with Gasteiger partial charge in [-0.3, -0.25) is 0 Å². The maximum atomic E-state index is 11.6. The molecule has 0 saturated heterocycles. The number of ether oxygens (including phenoxy) is 1. The topological polar surface area (TPSA) is 117 Å². The lowest BCUT2D eigenvalue weighted by molar-refractivity contribution is -0.139. The van der Waals surface area contributed by atoms with Gasteiger partial charge in [-0.1, -0.05) is 29.3 Å². The summed E-state index contributed by atoms with van der Waals surface area (Å²) >= 11 is 11.7. The van der Waals surface area contributed by atoms with Crippen molar-refractivity contribution in [1.29, 1.82) is 0 Å². The molecule has 0 spiro atoms. The summed E-state index contributed by atoms with van der Waals surface area (Å²) in [6.07, 6.45) is 2.79. The van der Waals surface area contributed by atoms with Gasteiger partial charge in [0.15, 0.2) is 12.4 Å². The molecule has 7 nitrogen and oxygen atoms in total. The van der Waals surface area contributed by atoms with Crippen LogP contribution >= 0.6 is 23.2 Å². The van der Waals surface area contributed by atoms with Crippen molar-refractivity contribution in [2.24, 2.45) is 0 Å². The highest BCUT2D eigenvalue weighted by molar-refractivity contribution is 6.42. The molecule has 0 saturated carbocycles. The van der Waals surface area contributed by atoms with Crippen LogP contribution in [0.4, 0.5) is 11.9 Å². The number of rotatable bonds is 4. The predicted molar refractivity (Wildman–Crippen MR) is 83.9 cm³/mol. The van der Waals surface area contributed by atoms with E-state index in [9.17, 15) is 4.79 Å². The first-order valence-corrected chi connectivity index (χ1v) is 6.75. The van der Waals surface area contributed by atoms with Gasteiger partial charge in [0.1, 0.15) is 0 Å². The van der Waals surface area contributed by atoms with Crippen molar-refractivity contribution >= 4 is 47.1 Å². The third-order valence-corrected chi connectivity index (χ3v) is 3.15. The van der Waals surface area contributed by atoms with E-state index in [-0.39, 0.29) is 24.3 Å². The summed E-state index contributed by atoms with van der Waals surface area (Å²) in [5.41, 5.74) is 11.5. The van der Waals surface area contributed by atoms with E-state index in [1.54, 1.807) is 24.3 Å². The fourth-order valence-corrected chi connectivity index (χ4v) is 1.79. The largest absolute Gasteiger partial charge is 0.454 e. The van der Waals surface area contributed by atoms with Gasteiger partial charge in [0.2, 0.25) is 11.9 Å². The third kappa shape index (κ3) is 4.57. The molecule has 1 heterocycles. The van der Waals surface area contributed by atoms with Crippen LogP contribution in [0.5, 0.6) is 0 Å². The van der Waals surface area contributed by atoms with Crippen LogP contribution < -0.4 is 11.5 Å². The van der Waals surface area contributed by atoms with Gasteiger partial charge in [0.25, 0.3) is 0 Å². The van der Waals surface area contributed by atoms with Crippen molar-refractivity contribution in [3.63, 3.8) is 0 Å².